The maximum absolute atomic E-state index is 13.3. The van der Waals surface area contributed by atoms with Crippen LogP contribution in [0.4, 0.5) is 4.39 Å². The first-order chi connectivity index (χ1) is 11.1. The highest BCUT2D eigenvalue weighted by molar-refractivity contribution is 5.74. The number of carbonyl (C=O) groups is 4. The third-order valence-electron chi connectivity index (χ3n) is 3.05. The molecule has 1 aliphatic rings. The highest BCUT2D eigenvalue weighted by atomic mass is 19.1. The Morgan fingerprint density at radius 1 is 0.917 bits per heavy atom. The number of alkyl halides is 1. The molecule has 1 rings (SSSR count). The van der Waals surface area contributed by atoms with E-state index < -0.39 is 61.1 Å². The Hall–Kier alpha value is -2.23. The predicted octanol–water partition coefficient (Wildman–Crippen LogP) is -0.388. The molecule has 0 aromatic rings. The van der Waals surface area contributed by atoms with Gasteiger partial charge in [0.2, 0.25) is 12.2 Å². The minimum atomic E-state index is -1.41. The first-order valence-corrected chi connectivity index (χ1v) is 7.15. The molecule has 24 heavy (non-hydrogen) atoms. The molecular formula is C14H20FNO8. The van der Waals surface area contributed by atoms with Gasteiger partial charge in [0.1, 0.15) is 18.8 Å². The van der Waals surface area contributed by atoms with Crippen molar-refractivity contribution in [3.63, 3.8) is 0 Å². The number of amides is 1. The summed E-state index contributed by atoms with van der Waals surface area (Å²) in [6, 6.07) is -1.18. The summed E-state index contributed by atoms with van der Waals surface area (Å²) in [4.78, 5) is 45.3. The Bertz CT molecular complexity index is 511. The van der Waals surface area contributed by atoms with E-state index in [4.69, 9.17) is 18.9 Å². The van der Waals surface area contributed by atoms with Crippen LogP contribution >= 0.6 is 0 Å². The lowest BCUT2D eigenvalue weighted by Crippen LogP contribution is -2.66. The van der Waals surface area contributed by atoms with Crippen LogP contribution in [0.25, 0.3) is 0 Å². The largest absolute Gasteiger partial charge is 0.456 e. The predicted molar refractivity (Wildman–Crippen MR) is 75.1 cm³/mol. The van der Waals surface area contributed by atoms with Gasteiger partial charge in [0, 0.05) is 27.7 Å². The molecule has 0 aromatic carbocycles. The number of rotatable bonds is 5. The Labute approximate surface area is 137 Å². The van der Waals surface area contributed by atoms with Crippen LogP contribution < -0.4 is 5.32 Å². The number of nitrogens with one attached hydrogen (secondary N) is 1. The first-order valence-electron chi connectivity index (χ1n) is 7.15. The zero-order chi connectivity index (χ0) is 18.4. The van der Waals surface area contributed by atoms with Gasteiger partial charge in [0.25, 0.3) is 0 Å². The van der Waals surface area contributed by atoms with E-state index in [1.165, 1.54) is 6.92 Å². The fourth-order valence-corrected chi connectivity index (χ4v) is 2.35. The summed E-state index contributed by atoms with van der Waals surface area (Å²) >= 11 is 0. The van der Waals surface area contributed by atoms with E-state index in [9.17, 15) is 23.6 Å². The van der Waals surface area contributed by atoms with Crippen molar-refractivity contribution in [3.05, 3.63) is 0 Å². The summed E-state index contributed by atoms with van der Waals surface area (Å²) in [6.45, 7) is 3.36. The monoisotopic (exact) mass is 349 g/mol. The molecule has 0 saturated carbocycles. The fraction of sp³-hybridized carbons (Fsp3) is 0.714. The number of hydrogen-bond donors (Lipinski definition) is 1. The van der Waals surface area contributed by atoms with Crippen molar-refractivity contribution in [2.24, 2.45) is 0 Å². The summed E-state index contributed by atoms with van der Waals surface area (Å²) in [7, 11) is 0. The van der Waals surface area contributed by atoms with Gasteiger partial charge in [-0.05, 0) is 0 Å². The van der Waals surface area contributed by atoms with Gasteiger partial charge in [-0.3, -0.25) is 19.2 Å². The molecule has 1 fully saturated rings. The molecule has 0 bridgehead atoms. The molecule has 0 aromatic heterocycles. The van der Waals surface area contributed by atoms with Gasteiger partial charge in [0.15, 0.2) is 12.2 Å². The van der Waals surface area contributed by atoms with Crippen molar-refractivity contribution in [2.75, 3.05) is 6.67 Å². The SMILES string of the molecule is CC(=O)N[C@H]1C(OC(C)=O)O[C@H](CF)[C@@H](OC(C)=O)[C@@H]1OC(C)=O. The molecule has 10 heteroatoms. The first kappa shape index (κ1) is 19.8. The van der Waals surface area contributed by atoms with E-state index in [0.717, 1.165) is 20.8 Å². The summed E-state index contributed by atoms with van der Waals surface area (Å²) in [5, 5.41) is 2.41. The van der Waals surface area contributed by atoms with Gasteiger partial charge in [-0.15, -0.1) is 0 Å². The summed E-state index contributed by atoms with van der Waals surface area (Å²) in [5.41, 5.74) is 0. The second kappa shape index (κ2) is 8.57. The second-order valence-electron chi connectivity index (χ2n) is 5.18. The standard InChI is InChI=1S/C14H20FNO8/c1-6(17)16-11-13(22-8(3)19)12(21-7(2)18)10(5-15)24-14(11)23-9(4)20/h10-14H,5H2,1-4H3,(H,16,17)/t10-,11-,12-,13-,14?/m1/s1. The van der Waals surface area contributed by atoms with Crippen LogP contribution in [0.15, 0.2) is 0 Å². The van der Waals surface area contributed by atoms with Gasteiger partial charge in [-0.25, -0.2) is 4.39 Å². The smallest absolute Gasteiger partial charge is 0.305 e. The van der Waals surface area contributed by atoms with E-state index in [-0.39, 0.29) is 0 Å². The lowest BCUT2D eigenvalue weighted by atomic mass is 9.96. The quantitative estimate of drug-likeness (QED) is 0.527. The van der Waals surface area contributed by atoms with Gasteiger partial charge in [-0.1, -0.05) is 0 Å². The number of halogens is 1. The van der Waals surface area contributed by atoms with Gasteiger partial charge in [0.05, 0.1) is 0 Å². The third kappa shape index (κ3) is 5.44. The van der Waals surface area contributed by atoms with E-state index in [2.05, 4.69) is 5.32 Å². The fourth-order valence-electron chi connectivity index (χ4n) is 2.35. The molecule has 136 valence electrons. The molecule has 1 aliphatic heterocycles. The number of esters is 3. The Kier molecular flexibility index (Phi) is 7.08. The van der Waals surface area contributed by atoms with Crippen LogP contribution in [0.1, 0.15) is 27.7 Å². The van der Waals surface area contributed by atoms with Crippen LogP contribution in [0.5, 0.6) is 0 Å². The minimum Gasteiger partial charge on any atom is -0.456 e. The molecule has 5 atom stereocenters. The summed E-state index contributed by atoms with van der Waals surface area (Å²) < 4.78 is 33.6. The maximum atomic E-state index is 13.3. The molecule has 1 heterocycles. The summed E-state index contributed by atoms with van der Waals surface area (Å²) in [6.07, 6.45) is -5.37. The molecule has 0 spiro atoms. The van der Waals surface area contributed by atoms with Crippen molar-refractivity contribution in [3.8, 4) is 0 Å². The number of ether oxygens (including phenoxy) is 4. The average molecular weight is 349 g/mol. The van der Waals surface area contributed by atoms with Crippen molar-refractivity contribution in [1.82, 2.24) is 5.32 Å². The van der Waals surface area contributed by atoms with Crippen LogP contribution in [0.3, 0.4) is 0 Å². The molecule has 0 aliphatic carbocycles. The molecule has 1 N–H and O–H groups in total. The zero-order valence-electron chi connectivity index (χ0n) is 13.7. The number of carbonyl (C=O) groups excluding carboxylic acids is 4. The van der Waals surface area contributed by atoms with Crippen LogP contribution in [-0.4, -0.2) is 61.1 Å². The molecule has 1 amide bonds. The van der Waals surface area contributed by atoms with Gasteiger partial charge in [-0.2, -0.15) is 0 Å². The van der Waals surface area contributed by atoms with E-state index in [1.807, 2.05) is 0 Å². The number of hydrogen-bond acceptors (Lipinski definition) is 8. The van der Waals surface area contributed by atoms with Crippen molar-refractivity contribution in [2.45, 2.75) is 58.3 Å². The van der Waals surface area contributed by atoms with Crippen molar-refractivity contribution >= 4 is 23.8 Å². The topological polar surface area (TPSA) is 117 Å². The Morgan fingerprint density at radius 3 is 1.83 bits per heavy atom. The minimum absolute atomic E-state index is 0.543. The van der Waals surface area contributed by atoms with Crippen molar-refractivity contribution < 1.29 is 42.5 Å². The summed E-state index contributed by atoms with van der Waals surface area (Å²) in [5.74, 6) is -2.81. The maximum Gasteiger partial charge on any atom is 0.305 e. The van der Waals surface area contributed by atoms with Gasteiger partial charge < -0.3 is 24.3 Å². The highest BCUT2D eigenvalue weighted by Gasteiger charge is 2.51. The van der Waals surface area contributed by atoms with E-state index in [1.54, 1.807) is 0 Å². The van der Waals surface area contributed by atoms with Crippen molar-refractivity contribution in [1.29, 1.82) is 0 Å². The van der Waals surface area contributed by atoms with E-state index in [0.29, 0.717) is 0 Å². The van der Waals surface area contributed by atoms with Crippen LogP contribution in [0.2, 0.25) is 0 Å². The Morgan fingerprint density at radius 2 is 1.42 bits per heavy atom. The molecule has 1 unspecified atom stereocenters. The molecular weight excluding hydrogens is 329 g/mol. The highest BCUT2D eigenvalue weighted by Crippen LogP contribution is 2.27. The molecule has 0 radical (unpaired) electrons. The van der Waals surface area contributed by atoms with Crippen LogP contribution in [0, 0.1) is 0 Å². The van der Waals surface area contributed by atoms with E-state index >= 15 is 0 Å². The van der Waals surface area contributed by atoms with Gasteiger partial charge >= 0.3 is 17.9 Å². The lowest BCUT2D eigenvalue weighted by molar-refractivity contribution is -0.266. The van der Waals surface area contributed by atoms with Crippen LogP contribution in [-0.2, 0) is 38.1 Å². The lowest BCUT2D eigenvalue weighted by Gasteiger charge is -2.43. The Balaban J connectivity index is 3.23. The average Bonchev–Trinajstić information content (AvgIpc) is 2.42. The second-order valence-corrected chi connectivity index (χ2v) is 5.18. The third-order valence-corrected chi connectivity index (χ3v) is 3.05. The molecule has 9 nitrogen and oxygen atoms in total. The zero-order valence-corrected chi connectivity index (χ0v) is 13.7. The normalized spacial score (nSPS) is 29.3. The molecule has 1 saturated heterocycles.